The first-order valence-corrected chi connectivity index (χ1v) is 8.36. The van der Waals surface area contributed by atoms with Gasteiger partial charge in [-0.15, -0.1) is 24.0 Å². The Bertz CT molecular complexity index is 479. The van der Waals surface area contributed by atoms with Crippen molar-refractivity contribution in [3.63, 3.8) is 0 Å². The van der Waals surface area contributed by atoms with Crippen molar-refractivity contribution in [3.05, 3.63) is 28.7 Å². The van der Waals surface area contributed by atoms with Crippen molar-refractivity contribution in [2.75, 3.05) is 47.0 Å². The first-order chi connectivity index (χ1) is 10.7. The van der Waals surface area contributed by atoms with E-state index >= 15 is 0 Å². The summed E-state index contributed by atoms with van der Waals surface area (Å²) >= 11 is 3.41. The maximum absolute atomic E-state index is 5.69. The first-order valence-electron chi connectivity index (χ1n) is 7.57. The van der Waals surface area contributed by atoms with Gasteiger partial charge in [-0.05, 0) is 30.7 Å². The number of halogens is 2. The Morgan fingerprint density at radius 2 is 2.17 bits per heavy atom. The van der Waals surface area contributed by atoms with Crippen LogP contribution in [0.25, 0.3) is 0 Å². The van der Waals surface area contributed by atoms with E-state index < -0.39 is 0 Å². The Morgan fingerprint density at radius 1 is 1.43 bits per heavy atom. The van der Waals surface area contributed by atoms with Gasteiger partial charge in [0.25, 0.3) is 0 Å². The molecule has 23 heavy (non-hydrogen) atoms. The number of aliphatic imine (C=N–C) groups is 1. The van der Waals surface area contributed by atoms with Gasteiger partial charge in [-0.2, -0.15) is 0 Å². The topological polar surface area (TPSA) is 46.1 Å². The van der Waals surface area contributed by atoms with Crippen LogP contribution in [0, 0.1) is 5.92 Å². The molecule has 0 bridgehead atoms. The molecule has 0 amide bonds. The molecule has 0 aromatic heterocycles. The second-order valence-electron chi connectivity index (χ2n) is 5.39. The summed E-state index contributed by atoms with van der Waals surface area (Å²) in [5.74, 6) is 2.37. The summed E-state index contributed by atoms with van der Waals surface area (Å²) in [7, 11) is 3.86. The molecule has 1 atom stereocenters. The van der Waals surface area contributed by atoms with Crippen molar-refractivity contribution in [2.24, 2.45) is 10.9 Å². The van der Waals surface area contributed by atoms with Crippen LogP contribution in [-0.2, 0) is 4.74 Å². The molecular weight excluding hydrogens is 473 g/mol. The largest absolute Gasteiger partial charge is 0.492 e. The van der Waals surface area contributed by atoms with E-state index in [1.807, 2.05) is 24.3 Å². The summed E-state index contributed by atoms with van der Waals surface area (Å²) in [5.41, 5.74) is 0. The molecule has 1 unspecified atom stereocenters. The van der Waals surface area contributed by atoms with Crippen LogP contribution in [0.2, 0.25) is 0 Å². The van der Waals surface area contributed by atoms with Gasteiger partial charge in [0.15, 0.2) is 5.96 Å². The lowest BCUT2D eigenvalue weighted by Crippen LogP contribution is -2.42. The average Bonchev–Trinajstić information content (AvgIpc) is 3.02. The van der Waals surface area contributed by atoms with E-state index in [4.69, 9.17) is 9.47 Å². The molecule has 1 heterocycles. The molecule has 0 radical (unpaired) electrons. The van der Waals surface area contributed by atoms with Crippen LogP contribution < -0.4 is 10.1 Å². The summed E-state index contributed by atoms with van der Waals surface area (Å²) in [6.45, 7) is 4.02. The predicted octanol–water partition coefficient (Wildman–Crippen LogP) is 2.99. The minimum absolute atomic E-state index is 0. The molecule has 7 heteroatoms. The number of hydrogen-bond donors (Lipinski definition) is 1. The van der Waals surface area contributed by atoms with Gasteiger partial charge in [-0.3, -0.25) is 4.99 Å². The van der Waals surface area contributed by atoms with Gasteiger partial charge >= 0.3 is 0 Å². The number of rotatable bonds is 6. The number of nitrogens with zero attached hydrogens (tertiary/aromatic N) is 2. The Labute approximate surface area is 164 Å². The van der Waals surface area contributed by atoms with Crippen LogP contribution in [0.1, 0.15) is 6.42 Å². The Morgan fingerprint density at radius 3 is 2.78 bits per heavy atom. The van der Waals surface area contributed by atoms with Gasteiger partial charge < -0.3 is 19.7 Å². The summed E-state index contributed by atoms with van der Waals surface area (Å²) < 4.78 is 12.2. The van der Waals surface area contributed by atoms with Crippen molar-refractivity contribution in [1.29, 1.82) is 0 Å². The van der Waals surface area contributed by atoms with E-state index in [2.05, 4.69) is 38.2 Å². The third-order valence-electron chi connectivity index (χ3n) is 3.60. The minimum Gasteiger partial charge on any atom is -0.492 e. The zero-order valence-corrected chi connectivity index (χ0v) is 17.5. The lowest BCUT2D eigenvalue weighted by molar-refractivity contribution is 0.181. The number of ether oxygens (including phenoxy) is 2. The highest BCUT2D eigenvalue weighted by Gasteiger charge is 2.18. The third-order valence-corrected chi connectivity index (χ3v) is 4.13. The molecule has 1 saturated heterocycles. The Hall–Kier alpha value is -0.540. The number of hydrogen-bond acceptors (Lipinski definition) is 3. The van der Waals surface area contributed by atoms with Gasteiger partial charge in [-0.1, -0.05) is 15.9 Å². The second kappa shape index (κ2) is 11.1. The molecule has 0 spiro atoms. The molecule has 5 nitrogen and oxygen atoms in total. The summed E-state index contributed by atoms with van der Waals surface area (Å²) in [4.78, 5) is 6.47. The molecule has 130 valence electrons. The summed E-state index contributed by atoms with van der Waals surface area (Å²) in [6, 6.07) is 7.84. The van der Waals surface area contributed by atoms with Crippen LogP contribution in [-0.4, -0.2) is 57.9 Å². The van der Waals surface area contributed by atoms with Crippen molar-refractivity contribution in [3.8, 4) is 5.75 Å². The third kappa shape index (κ3) is 7.26. The molecule has 1 aromatic rings. The highest BCUT2D eigenvalue weighted by atomic mass is 127. The van der Waals surface area contributed by atoms with Gasteiger partial charge in [0.1, 0.15) is 12.4 Å². The van der Waals surface area contributed by atoms with Crippen LogP contribution in [0.3, 0.4) is 0 Å². The number of benzene rings is 1. The minimum atomic E-state index is 0. The monoisotopic (exact) mass is 497 g/mol. The van der Waals surface area contributed by atoms with Crippen LogP contribution in [0.4, 0.5) is 0 Å². The zero-order valence-electron chi connectivity index (χ0n) is 13.6. The number of guanidine groups is 1. The SMILES string of the molecule is CN=C(NCCOc1ccc(Br)cc1)N(C)CC1CCOC1.I. The molecule has 1 N–H and O–H groups in total. The molecule has 2 rings (SSSR count). The Kier molecular flexibility index (Phi) is 9.89. The lowest BCUT2D eigenvalue weighted by Gasteiger charge is -2.24. The zero-order chi connectivity index (χ0) is 15.8. The molecule has 1 aromatic carbocycles. The molecule has 0 aliphatic carbocycles. The van der Waals surface area contributed by atoms with E-state index in [1.54, 1.807) is 7.05 Å². The highest BCUT2D eigenvalue weighted by molar-refractivity contribution is 14.0. The standard InChI is InChI=1S/C16H24BrN3O2.HI/c1-18-16(20(2)11-13-7-9-21-12-13)19-8-10-22-15-5-3-14(17)4-6-15;/h3-6,13H,7-12H2,1-2H3,(H,18,19);1H. The number of nitrogens with one attached hydrogen (secondary N) is 1. The van der Waals surface area contributed by atoms with Gasteiger partial charge in [-0.25, -0.2) is 0 Å². The fourth-order valence-electron chi connectivity index (χ4n) is 2.45. The average molecular weight is 498 g/mol. The van der Waals surface area contributed by atoms with Crippen LogP contribution >= 0.6 is 39.9 Å². The van der Waals surface area contributed by atoms with Crippen molar-refractivity contribution < 1.29 is 9.47 Å². The van der Waals surface area contributed by atoms with Crippen LogP contribution in [0.5, 0.6) is 5.75 Å². The van der Waals surface area contributed by atoms with E-state index in [-0.39, 0.29) is 24.0 Å². The molecule has 1 fully saturated rings. The van der Waals surface area contributed by atoms with Gasteiger partial charge in [0.05, 0.1) is 13.2 Å². The van der Waals surface area contributed by atoms with Crippen LogP contribution in [0.15, 0.2) is 33.7 Å². The quantitative estimate of drug-likeness (QED) is 0.284. The second-order valence-corrected chi connectivity index (χ2v) is 6.30. The van der Waals surface area contributed by atoms with Gasteiger partial charge in [0.2, 0.25) is 0 Å². The fourth-order valence-corrected chi connectivity index (χ4v) is 2.71. The smallest absolute Gasteiger partial charge is 0.193 e. The summed E-state index contributed by atoms with van der Waals surface area (Å²) in [6.07, 6.45) is 1.13. The van der Waals surface area contributed by atoms with Crippen molar-refractivity contribution in [1.82, 2.24) is 10.2 Å². The highest BCUT2D eigenvalue weighted by Crippen LogP contribution is 2.16. The molecule has 0 saturated carbocycles. The molecular formula is C16H25BrIN3O2. The molecule has 1 aliphatic rings. The summed E-state index contributed by atoms with van der Waals surface area (Å²) in [5, 5.41) is 3.33. The fraction of sp³-hybridized carbons (Fsp3) is 0.562. The maximum Gasteiger partial charge on any atom is 0.193 e. The van der Waals surface area contributed by atoms with E-state index in [9.17, 15) is 0 Å². The van der Waals surface area contributed by atoms with E-state index in [1.165, 1.54) is 0 Å². The van der Waals surface area contributed by atoms with Gasteiger partial charge in [0, 0.05) is 37.6 Å². The van der Waals surface area contributed by atoms with E-state index in [0.29, 0.717) is 19.1 Å². The maximum atomic E-state index is 5.69. The Balaban J connectivity index is 0.00000264. The van der Waals surface area contributed by atoms with Crippen molar-refractivity contribution in [2.45, 2.75) is 6.42 Å². The van der Waals surface area contributed by atoms with E-state index in [0.717, 1.165) is 42.4 Å². The first kappa shape index (κ1) is 20.5. The molecule has 1 aliphatic heterocycles. The van der Waals surface area contributed by atoms with Crippen molar-refractivity contribution >= 4 is 45.9 Å². The lowest BCUT2D eigenvalue weighted by atomic mass is 10.1. The normalized spacial score (nSPS) is 17.5. The predicted molar refractivity (Wildman–Crippen MR) is 108 cm³/mol.